The van der Waals surface area contributed by atoms with Crippen LogP contribution in [0.25, 0.3) is 10.9 Å². The van der Waals surface area contributed by atoms with Crippen LogP contribution in [-0.2, 0) is 4.79 Å². The Balaban J connectivity index is 1.88. The molecular weight excluding hydrogens is 386 g/mol. The van der Waals surface area contributed by atoms with E-state index in [1.165, 1.54) is 11.8 Å². The molecule has 3 aromatic rings. The highest BCUT2D eigenvalue weighted by atomic mass is 32.2. The van der Waals surface area contributed by atoms with Gasteiger partial charge >= 0.3 is 0 Å². The first-order chi connectivity index (χ1) is 13.9. The first-order valence-corrected chi connectivity index (χ1v) is 10.5. The SMILES string of the molecule is CCOc1ccccc1NC(=O)[C@H](C)Sc1nc2ccccc2c(=O)n1C(C)C. The summed E-state index contributed by atoms with van der Waals surface area (Å²) < 4.78 is 7.21. The van der Waals surface area contributed by atoms with Crippen LogP contribution in [0.1, 0.15) is 33.7 Å². The number of carbonyl (C=O) groups is 1. The Bertz CT molecular complexity index is 1080. The monoisotopic (exact) mass is 411 g/mol. The second-order valence-corrected chi connectivity index (χ2v) is 8.17. The zero-order chi connectivity index (χ0) is 21.0. The normalized spacial score (nSPS) is 12.2. The van der Waals surface area contributed by atoms with E-state index in [9.17, 15) is 9.59 Å². The van der Waals surface area contributed by atoms with Crippen molar-refractivity contribution in [3.05, 3.63) is 58.9 Å². The summed E-state index contributed by atoms with van der Waals surface area (Å²) in [6.07, 6.45) is 0. The Labute approximate surface area is 174 Å². The first-order valence-electron chi connectivity index (χ1n) is 9.63. The number of nitrogens with one attached hydrogen (secondary N) is 1. The van der Waals surface area contributed by atoms with Crippen molar-refractivity contribution in [2.45, 2.75) is 44.1 Å². The number of anilines is 1. The van der Waals surface area contributed by atoms with E-state index < -0.39 is 5.25 Å². The largest absolute Gasteiger partial charge is 0.492 e. The molecule has 0 saturated heterocycles. The van der Waals surface area contributed by atoms with E-state index in [0.717, 1.165) is 0 Å². The van der Waals surface area contributed by atoms with Gasteiger partial charge in [0, 0.05) is 6.04 Å². The molecule has 1 N–H and O–H groups in total. The van der Waals surface area contributed by atoms with Crippen LogP contribution in [0.5, 0.6) is 5.75 Å². The Hall–Kier alpha value is -2.80. The van der Waals surface area contributed by atoms with Gasteiger partial charge < -0.3 is 10.1 Å². The van der Waals surface area contributed by atoms with Crippen molar-refractivity contribution in [3.8, 4) is 5.75 Å². The standard InChI is InChI=1S/C22H25N3O3S/c1-5-28-19-13-9-8-12-18(19)23-20(26)15(4)29-22-24-17-11-7-6-10-16(17)21(27)25(22)14(2)3/h6-15H,5H2,1-4H3,(H,23,26)/t15-/m0/s1. The Morgan fingerprint density at radius 3 is 2.55 bits per heavy atom. The van der Waals surface area contributed by atoms with E-state index in [0.29, 0.717) is 34.1 Å². The fourth-order valence-corrected chi connectivity index (χ4v) is 4.00. The lowest BCUT2D eigenvalue weighted by molar-refractivity contribution is -0.115. The quantitative estimate of drug-likeness (QED) is 0.458. The minimum Gasteiger partial charge on any atom is -0.492 e. The number of aromatic nitrogens is 2. The minimum atomic E-state index is -0.456. The number of nitrogens with zero attached hydrogens (tertiary/aromatic N) is 2. The van der Waals surface area contributed by atoms with Crippen LogP contribution in [0.15, 0.2) is 58.5 Å². The number of rotatable bonds is 7. The van der Waals surface area contributed by atoms with Gasteiger partial charge in [0.2, 0.25) is 5.91 Å². The molecule has 0 saturated carbocycles. The highest BCUT2D eigenvalue weighted by Gasteiger charge is 2.21. The van der Waals surface area contributed by atoms with Crippen molar-refractivity contribution in [2.75, 3.05) is 11.9 Å². The van der Waals surface area contributed by atoms with Crippen LogP contribution >= 0.6 is 11.8 Å². The number of thioether (sulfide) groups is 1. The molecule has 0 fully saturated rings. The van der Waals surface area contributed by atoms with Crippen LogP contribution in [-0.4, -0.2) is 27.3 Å². The lowest BCUT2D eigenvalue weighted by Gasteiger charge is -2.19. The van der Waals surface area contributed by atoms with Crippen molar-refractivity contribution in [2.24, 2.45) is 0 Å². The molecule has 0 bridgehead atoms. The van der Waals surface area contributed by atoms with Gasteiger partial charge in [-0.25, -0.2) is 4.98 Å². The second kappa shape index (κ2) is 9.13. The highest BCUT2D eigenvalue weighted by Crippen LogP contribution is 2.28. The number of hydrogen-bond acceptors (Lipinski definition) is 5. The summed E-state index contributed by atoms with van der Waals surface area (Å²) in [4.78, 5) is 30.4. The van der Waals surface area contributed by atoms with Crippen molar-refractivity contribution in [1.82, 2.24) is 9.55 Å². The molecule has 0 spiro atoms. The minimum absolute atomic E-state index is 0.0731. The van der Waals surface area contributed by atoms with Crippen molar-refractivity contribution in [3.63, 3.8) is 0 Å². The zero-order valence-electron chi connectivity index (χ0n) is 17.0. The van der Waals surface area contributed by atoms with Crippen molar-refractivity contribution < 1.29 is 9.53 Å². The summed E-state index contributed by atoms with van der Waals surface area (Å²) in [5, 5.41) is 3.57. The molecule has 29 heavy (non-hydrogen) atoms. The Morgan fingerprint density at radius 2 is 1.83 bits per heavy atom. The van der Waals surface area contributed by atoms with Crippen LogP contribution in [0.4, 0.5) is 5.69 Å². The molecule has 1 amide bonds. The molecule has 1 aromatic heterocycles. The molecule has 7 heteroatoms. The molecule has 0 radical (unpaired) electrons. The average molecular weight is 412 g/mol. The molecule has 0 aliphatic rings. The summed E-state index contributed by atoms with van der Waals surface area (Å²) in [5.74, 6) is 0.448. The smallest absolute Gasteiger partial charge is 0.262 e. The average Bonchev–Trinajstić information content (AvgIpc) is 2.69. The van der Waals surface area contributed by atoms with Gasteiger partial charge in [0.15, 0.2) is 5.16 Å². The number of fused-ring (bicyclic) bond motifs is 1. The number of hydrogen-bond donors (Lipinski definition) is 1. The van der Waals surface area contributed by atoms with E-state index in [4.69, 9.17) is 4.74 Å². The predicted molar refractivity (Wildman–Crippen MR) is 118 cm³/mol. The summed E-state index contributed by atoms with van der Waals surface area (Å²) in [5.41, 5.74) is 1.16. The van der Waals surface area contributed by atoms with Gasteiger partial charge in [-0.05, 0) is 52.0 Å². The molecule has 0 aliphatic heterocycles. The van der Waals surface area contributed by atoms with Crippen LogP contribution in [0, 0.1) is 0 Å². The van der Waals surface area contributed by atoms with Gasteiger partial charge in [-0.1, -0.05) is 36.0 Å². The summed E-state index contributed by atoms with van der Waals surface area (Å²) in [6, 6.07) is 14.5. The first kappa shape index (κ1) is 20.9. The summed E-state index contributed by atoms with van der Waals surface area (Å²) in [6.45, 7) is 8.08. The topological polar surface area (TPSA) is 73.2 Å². The maximum atomic E-state index is 12.9. The third-order valence-electron chi connectivity index (χ3n) is 4.39. The van der Waals surface area contributed by atoms with Gasteiger partial charge in [0.05, 0.1) is 28.4 Å². The third kappa shape index (κ3) is 4.62. The second-order valence-electron chi connectivity index (χ2n) is 6.86. The van der Waals surface area contributed by atoms with Gasteiger partial charge in [-0.2, -0.15) is 0 Å². The van der Waals surface area contributed by atoms with Gasteiger partial charge in [-0.3, -0.25) is 14.2 Å². The van der Waals surface area contributed by atoms with Gasteiger partial charge in [0.1, 0.15) is 5.75 Å². The molecular formula is C22H25N3O3S. The fourth-order valence-electron chi connectivity index (χ4n) is 2.96. The molecule has 1 heterocycles. The third-order valence-corrected chi connectivity index (χ3v) is 5.45. The van der Waals surface area contributed by atoms with Crippen molar-refractivity contribution in [1.29, 1.82) is 0 Å². The van der Waals surface area contributed by atoms with E-state index in [1.807, 2.05) is 57.2 Å². The van der Waals surface area contributed by atoms with Gasteiger partial charge in [0.25, 0.3) is 5.56 Å². The number of amides is 1. The molecule has 152 valence electrons. The summed E-state index contributed by atoms with van der Waals surface area (Å²) >= 11 is 1.27. The van der Waals surface area contributed by atoms with E-state index in [2.05, 4.69) is 10.3 Å². The Kier molecular flexibility index (Phi) is 6.59. The molecule has 0 unspecified atom stereocenters. The number of carbonyl (C=O) groups excluding carboxylic acids is 1. The number of para-hydroxylation sites is 3. The zero-order valence-corrected chi connectivity index (χ0v) is 17.8. The fraction of sp³-hybridized carbons (Fsp3) is 0.318. The molecule has 3 rings (SSSR count). The van der Waals surface area contributed by atoms with Crippen LogP contribution in [0.2, 0.25) is 0 Å². The molecule has 2 aromatic carbocycles. The maximum Gasteiger partial charge on any atom is 0.262 e. The highest BCUT2D eigenvalue weighted by molar-refractivity contribution is 8.00. The Morgan fingerprint density at radius 1 is 1.14 bits per heavy atom. The number of benzene rings is 2. The predicted octanol–water partition coefficient (Wildman–Crippen LogP) is 4.50. The molecule has 0 aliphatic carbocycles. The summed E-state index contributed by atoms with van der Waals surface area (Å²) in [7, 11) is 0. The van der Waals surface area contributed by atoms with E-state index >= 15 is 0 Å². The van der Waals surface area contributed by atoms with Crippen LogP contribution < -0.4 is 15.6 Å². The lowest BCUT2D eigenvalue weighted by Crippen LogP contribution is -2.28. The van der Waals surface area contributed by atoms with Gasteiger partial charge in [-0.15, -0.1) is 0 Å². The lowest BCUT2D eigenvalue weighted by atomic mass is 10.2. The van der Waals surface area contributed by atoms with Crippen molar-refractivity contribution >= 4 is 34.3 Å². The van der Waals surface area contributed by atoms with E-state index in [-0.39, 0.29) is 17.5 Å². The molecule has 1 atom stereocenters. The van der Waals surface area contributed by atoms with Crippen LogP contribution in [0.3, 0.4) is 0 Å². The maximum absolute atomic E-state index is 12.9. The number of ether oxygens (including phenoxy) is 1. The molecule has 6 nitrogen and oxygen atoms in total. The van der Waals surface area contributed by atoms with E-state index in [1.54, 1.807) is 23.6 Å².